The zero-order valence-electron chi connectivity index (χ0n) is 14.2. The van der Waals surface area contributed by atoms with Crippen molar-refractivity contribution in [3.8, 4) is 11.5 Å². The lowest BCUT2D eigenvalue weighted by Crippen LogP contribution is -2.51. The van der Waals surface area contributed by atoms with Crippen molar-refractivity contribution in [1.29, 1.82) is 0 Å². The predicted octanol–water partition coefficient (Wildman–Crippen LogP) is 3.66. The van der Waals surface area contributed by atoms with Crippen LogP contribution in [0.5, 0.6) is 11.5 Å². The Bertz CT molecular complexity index is 643. The number of ether oxygens (including phenoxy) is 2. The second-order valence-electron chi connectivity index (χ2n) is 8.30. The van der Waals surface area contributed by atoms with Crippen LogP contribution >= 0.6 is 0 Å². The molecule has 1 aromatic carbocycles. The fourth-order valence-electron chi connectivity index (χ4n) is 5.93. The lowest BCUT2D eigenvalue weighted by Gasteiger charge is -2.53. The van der Waals surface area contributed by atoms with Gasteiger partial charge in [0.2, 0.25) is 12.7 Å². The highest BCUT2D eigenvalue weighted by atomic mass is 16.7. The number of hydrogen-bond acceptors (Lipinski definition) is 3. The third-order valence-electron chi connectivity index (χ3n) is 6.78. The molecule has 1 unspecified atom stereocenters. The van der Waals surface area contributed by atoms with Crippen LogP contribution in [0, 0.1) is 29.6 Å². The molecule has 4 nitrogen and oxygen atoms in total. The zero-order valence-corrected chi connectivity index (χ0v) is 14.2. The first-order valence-electron chi connectivity index (χ1n) is 9.37. The molecule has 4 fully saturated rings. The molecule has 1 atom stereocenters. The molecule has 6 rings (SSSR count). The highest BCUT2D eigenvalue weighted by Crippen LogP contribution is 2.56. The number of rotatable bonds is 3. The van der Waals surface area contributed by atoms with Crippen molar-refractivity contribution in [2.45, 2.75) is 45.1 Å². The summed E-state index contributed by atoms with van der Waals surface area (Å²) in [7, 11) is 0. The summed E-state index contributed by atoms with van der Waals surface area (Å²) in [5.41, 5.74) is 1.08. The molecule has 1 amide bonds. The molecule has 128 valence electrons. The van der Waals surface area contributed by atoms with Crippen LogP contribution in [0.3, 0.4) is 0 Å². The second-order valence-corrected chi connectivity index (χ2v) is 8.30. The second kappa shape index (κ2) is 5.40. The summed E-state index contributed by atoms with van der Waals surface area (Å²) in [5.74, 6) is 5.16. The quantitative estimate of drug-likeness (QED) is 0.921. The Labute approximate surface area is 142 Å². The van der Waals surface area contributed by atoms with Gasteiger partial charge in [0, 0.05) is 5.92 Å². The van der Waals surface area contributed by atoms with E-state index < -0.39 is 0 Å². The lowest BCUT2D eigenvalue weighted by molar-refractivity contribution is -0.138. The van der Waals surface area contributed by atoms with Crippen LogP contribution in [0.2, 0.25) is 0 Å². The molecule has 1 aliphatic heterocycles. The van der Waals surface area contributed by atoms with Crippen LogP contribution in [-0.4, -0.2) is 12.7 Å². The van der Waals surface area contributed by atoms with Crippen LogP contribution < -0.4 is 14.8 Å². The van der Waals surface area contributed by atoms with Gasteiger partial charge in [-0.3, -0.25) is 4.79 Å². The molecular formula is C20H25NO3. The van der Waals surface area contributed by atoms with Crippen molar-refractivity contribution in [3.05, 3.63) is 23.8 Å². The molecule has 0 radical (unpaired) electrons. The molecule has 4 heteroatoms. The number of benzene rings is 1. The number of fused-ring (bicyclic) bond motifs is 1. The largest absolute Gasteiger partial charge is 0.454 e. The third-order valence-corrected chi connectivity index (χ3v) is 6.78. The Morgan fingerprint density at radius 3 is 2.42 bits per heavy atom. The maximum atomic E-state index is 13.0. The predicted molar refractivity (Wildman–Crippen MR) is 89.7 cm³/mol. The monoisotopic (exact) mass is 327 g/mol. The molecule has 4 saturated carbocycles. The summed E-state index contributed by atoms with van der Waals surface area (Å²) in [6, 6.07) is 5.95. The van der Waals surface area contributed by atoms with E-state index in [4.69, 9.17) is 9.47 Å². The van der Waals surface area contributed by atoms with Crippen molar-refractivity contribution in [2.24, 2.45) is 29.6 Å². The van der Waals surface area contributed by atoms with E-state index in [1.54, 1.807) is 0 Å². The zero-order chi connectivity index (χ0) is 16.3. The highest BCUT2D eigenvalue weighted by Gasteiger charge is 2.50. The Kier molecular flexibility index (Phi) is 3.29. The number of hydrogen-bond donors (Lipinski definition) is 1. The first-order chi connectivity index (χ1) is 11.7. The maximum Gasteiger partial charge on any atom is 0.231 e. The van der Waals surface area contributed by atoms with Gasteiger partial charge >= 0.3 is 0 Å². The smallest absolute Gasteiger partial charge is 0.231 e. The third kappa shape index (κ3) is 2.30. The Morgan fingerprint density at radius 1 is 1.04 bits per heavy atom. The van der Waals surface area contributed by atoms with Crippen LogP contribution in [-0.2, 0) is 4.79 Å². The molecule has 4 aliphatic carbocycles. The molecule has 1 N–H and O–H groups in total. The van der Waals surface area contributed by atoms with Crippen LogP contribution in [0.4, 0.5) is 0 Å². The summed E-state index contributed by atoms with van der Waals surface area (Å²) in [6.45, 7) is 2.35. The van der Waals surface area contributed by atoms with Crippen LogP contribution in [0.15, 0.2) is 18.2 Å². The Morgan fingerprint density at radius 2 is 1.71 bits per heavy atom. The first-order valence-corrected chi connectivity index (χ1v) is 9.37. The number of carbonyl (C=O) groups excluding carboxylic acids is 1. The minimum atomic E-state index is 0.00388. The van der Waals surface area contributed by atoms with Gasteiger partial charge in [-0.2, -0.15) is 0 Å². The Hall–Kier alpha value is -1.71. The van der Waals surface area contributed by atoms with Gasteiger partial charge in [0.15, 0.2) is 11.5 Å². The van der Waals surface area contributed by atoms with E-state index in [0.29, 0.717) is 11.8 Å². The summed E-state index contributed by atoms with van der Waals surface area (Å²) in [6.07, 6.45) is 6.55. The SMILES string of the molecule is CC(NC(=O)C1C2CC3CC(C2)CC1C3)c1ccc2c(c1)OCO2. The number of nitrogens with one attached hydrogen (secondary N) is 1. The summed E-state index contributed by atoms with van der Waals surface area (Å²) >= 11 is 0. The lowest BCUT2D eigenvalue weighted by atomic mass is 9.51. The van der Waals surface area contributed by atoms with Gasteiger partial charge in [0.05, 0.1) is 6.04 Å². The maximum absolute atomic E-state index is 13.0. The summed E-state index contributed by atoms with van der Waals surface area (Å²) in [4.78, 5) is 13.0. The van der Waals surface area contributed by atoms with E-state index in [2.05, 4.69) is 12.2 Å². The molecule has 24 heavy (non-hydrogen) atoms. The molecule has 4 bridgehead atoms. The van der Waals surface area contributed by atoms with Crippen molar-refractivity contribution in [2.75, 3.05) is 6.79 Å². The molecule has 1 heterocycles. The van der Waals surface area contributed by atoms with Gasteiger partial charge in [-0.15, -0.1) is 0 Å². The molecular weight excluding hydrogens is 302 g/mol. The fraction of sp³-hybridized carbons (Fsp3) is 0.650. The number of carbonyl (C=O) groups is 1. The van der Waals surface area contributed by atoms with Crippen molar-refractivity contribution < 1.29 is 14.3 Å². The van der Waals surface area contributed by atoms with Crippen LogP contribution in [0.1, 0.15) is 50.6 Å². The van der Waals surface area contributed by atoms with E-state index in [1.165, 1.54) is 32.1 Å². The standard InChI is InChI=1S/C20H25NO3/c1-11(14-2-3-17-18(9-14)24-10-23-17)21-20(22)19-15-5-12-4-13(7-15)8-16(19)6-12/h2-3,9,11-13,15-16,19H,4-8,10H2,1H3,(H,21,22). The van der Waals surface area contributed by atoms with Crippen molar-refractivity contribution >= 4 is 5.91 Å². The van der Waals surface area contributed by atoms with Gasteiger partial charge in [-0.1, -0.05) is 6.07 Å². The molecule has 0 saturated heterocycles. The highest BCUT2D eigenvalue weighted by molar-refractivity contribution is 5.80. The van der Waals surface area contributed by atoms with Gasteiger partial charge < -0.3 is 14.8 Å². The van der Waals surface area contributed by atoms with Crippen molar-refractivity contribution in [1.82, 2.24) is 5.32 Å². The topological polar surface area (TPSA) is 47.6 Å². The molecule has 5 aliphatic rings. The van der Waals surface area contributed by atoms with E-state index in [-0.39, 0.29) is 24.7 Å². The average Bonchev–Trinajstić information content (AvgIpc) is 3.01. The molecule has 0 aromatic heterocycles. The van der Waals surface area contributed by atoms with Gasteiger partial charge in [-0.05, 0) is 80.4 Å². The van der Waals surface area contributed by atoms with E-state index in [9.17, 15) is 4.79 Å². The number of amides is 1. The van der Waals surface area contributed by atoms with Gasteiger partial charge in [0.1, 0.15) is 0 Å². The normalized spacial score (nSPS) is 36.6. The molecule has 1 aromatic rings. The summed E-state index contributed by atoms with van der Waals surface area (Å²) in [5, 5.41) is 3.28. The van der Waals surface area contributed by atoms with E-state index >= 15 is 0 Å². The van der Waals surface area contributed by atoms with E-state index in [0.717, 1.165) is 28.9 Å². The first kappa shape index (κ1) is 14.6. The van der Waals surface area contributed by atoms with Crippen molar-refractivity contribution in [3.63, 3.8) is 0 Å². The summed E-state index contributed by atoms with van der Waals surface area (Å²) < 4.78 is 10.8. The average molecular weight is 327 g/mol. The van der Waals surface area contributed by atoms with Crippen LogP contribution in [0.25, 0.3) is 0 Å². The van der Waals surface area contributed by atoms with E-state index in [1.807, 2.05) is 18.2 Å². The Balaban J connectivity index is 1.30. The van der Waals surface area contributed by atoms with Gasteiger partial charge in [0.25, 0.3) is 0 Å². The fourth-order valence-corrected chi connectivity index (χ4v) is 5.93. The minimum absolute atomic E-state index is 0.00388. The van der Waals surface area contributed by atoms with Gasteiger partial charge in [-0.25, -0.2) is 0 Å². The minimum Gasteiger partial charge on any atom is -0.454 e. The molecule has 0 spiro atoms.